The minimum Gasteiger partial charge on any atom is -0.296 e. The van der Waals surface area contributed by atoms with Gasteiger partial charge in [0.1, 0.15) is 0 Å². The van der Waals surface area contributed by atoms with Crippen LogP contribution in [0.15, 0.2) is 0 Å². The zero-order valence-corrected chi connectivity index (χ0v) is 12.2. The van der Waals surface area contributed by atoms with E-state index in [0.717, 1.165) is 19.6 Å². The highest BCUT2D eigenvalue weighted by Crippen LogP contribution is 2.26. The Labute approximate surface area is 106 Å². The molecule has 0 aliphatic carbocycles. The van der Waals surface area contributed by atoms with Gasteiger partial charge >= 0.3 is 0 Å². The lowest BCUT2D eigenvalue weighted by atomic mass is 9.95. The highest BCUT2D eigenvalue weighted by atomic mass is 15.3. The monoisotopic (exact) mass is 237 g/mol. The third-order valence-electron chi connectivity index (χ3n) is 3.62. The molecule has 0 aromatic heterocycles. The summed E-state index contributed by atoms with van der Waals surface area (Å²) in [5.41, 5.74) is 0.364. The van der Waals surface area contributed by atoms with Crippen LogP contribution in [-0.2, 0) is 0 Å². The van der Waals surface area contributed by atoms with Crippen LogP contribution in [0.3, 0.4) is 0 Å². The number of nitriles is 1. The molecule has 1 saturated heterocycles. The first-order valence-corrected chi connectivity index (χ1v) is 6.55. The molecule has 0 spiro atoms. The Bertz CT molecular complexity index is 290. The zero-order valence-electron chi connectivity index (χ0n) is 12.2. The van der Waals surface area contributed by atoms with Crippen molar-refractivity contribution < 1.29 is 0 Å². The Balaban J connectivity index is 2.79. The molecule has 1 fully saturated rings. The van der Waals surface area contributed by atoms with Crippen molar-refractivity contribution in [3.05, 3.63) is 0 Å². The zero-order chi connectivity index (χ0) is 13.3. The van der Waals surface area contributed by atoms with E-state index in [9.17, 15) is 0 Å². The molecule has 0 unspecified atom stereocenters. The fourth-order valence-electron chi connectivity index (χ4n) is 2.63. The Hall–Kier alpha value is -0.590. The average molecular weight is 237 g/mol. The van der Waals surface area contributed by atoms with Crippen LogP contribution in [0.4, 0.5) is 0 Å². The minimum absolute atomic E-state index is 0.158. The molecule has 0 N–H and O–H groups in total. The molecule has 17 heavy (non-hydrogen) atoms. The highest BCUT2D eigenvalue weighted by molar-refractivity contribution is 4.96. The van der Waals surface area contributed by atoms with Crippen molar-refractivity contribution in [3.8, 4) is 6.07 Å². The molecule has 1 rings (SSSR count). The van der Waals surface area contributed by atoms with Crippen molar-refractivity contribution >= 4 is 0 Å². The standard InChI is InChI=1S/C14H27N3/c1-13(2,3)16-9-10-17(14(4,5)6)12(11-16)7-8-15/h12H,7,9-11H2,1-6H3/t12-/m1/s1. The van der Waals surface area contributed by atoms with E-state index in [1.165, 1.54) is 0 Å². The van der Waals surface area contributed by atoms with Gasteiger partial charge in [0.05, 0.1) is 12.5 Å². The van der Waals surface area contributed by atoms with E-state index < -0.39 is 0 Å². The van der Waals surface area contributed by atoms with Gasteiger partial charge in [0.2, 0.25) is 0 Å². The molecule has 3 nitrogen and oxygen atoms in total. The predicted octanol–water partition coefficient (Wildman–Crippen LogP) is 2.48. The number of hydrogen-bond donors (Lipinski definition) is 0. The quantitative estimate of drug-likeness (QED) is 0.702. The molecule has 0 amide bonds. The number of rotatable bonds is 1. The van der Waals surface area contributed by atoms with E-state index in [1.807, 2.05) is 0 Å². The Morgan fingerprint density at radius 1 is 1.06 bits per heavy atom. The van der Waals surface area contributed by atoms with Crippen LogP contribution in [-0.4, -0.2) is 46.6 Å². The summed E-state index contributed by atoms with van der Waals surface area (Å²) in [6.07, 6.45) is 0.629. The summed E-state index contributed by atoms with van der Waals surface area (Å²) in [5.74, 6) is 0. The molecule has 0 saturated carbocycles. The van der Waals surface area contributed by atoms with Crippen molar-refractivity contribution in [1.82, 2.24) is 9.80 Å². The van der Waals surface area contributed by atoms with E-state index in [1.54, 1.807) is 0 Å². The van der Waals surface area contributed by atoms with E-state index in [4.69, 9.17) is 5.26 Å². The Morgan fingerprint density at radius 3 is 2.06 bits per heavy atom. The van der Waals surface area contributed by atoms with Crippen molar-refractivity contribution in [2.24, 2.45) is 0 Å². The third-order valence-corrected chi connectivity index (χ3v) is 3.62. The largest absolute Gasteiger partial charge is 0.296 e. The SMILES string of the molecule is CC(C)(C)N1CCN(C(C)(C)C)[C@H](CC#N)C1. The molecule has 1 aliphatic heterocycles. The van der Waals surface area contributed by atoms with Gasteiger partial charge in [-0.15, -0.1) is 0 Å². The molecule has 1 aliphatic rings. The Kier molecular flexibility index (Phi) is 4.22. The summed E-state index contributed by atoms with van der Waals surface area (Å²) in [6.45, 7) is 16.7. The normalized spacial score (nSPS) is 24.6. The molecule has 0 radical (unpaired) electrons. The molecule has 0 aromatic rings. The maximum Gasteiger partial charge on any atom is 0.0638 e. The van der Waals surface area contributed by atoms with E-state index in [2.05, 4.69) is 57.4 Å². The van der Waals surface area contributed by atoms with Crippen LogP contribution in [0, 0.1) is 11.3 Å². The minimum atomic E-state index is 0.158. The highest BCUT2D eigenvalue weighted by Gasteiger charge is 2.36. The van der Waals surface area contributed by atoms with Gasteiger partial charge in [0.15, 0.2) is 0 Å². The summed E-state index contributed by atoms with van der Waals surface area (Å²) in [4.78, 5) is 4.98. The fraction of sp³-hybridized carbons (Fsp3) is 0.929. The van der Waals surface area contributed by atoms with Crippen LogP contribution in [0.2, 0.25) is 0 Å². The lowest BCUT2D eigenvalue weighted by molar-refractivity contribution is -0.0202. The van der Waals surface area contributed by atoms with E-state index in [-0.39, 0.29) is 11.1 Å². The second-order valence-electron chi connectivity index (χ2n) is 7.00. The van der Waals surface area contributed by atoms with Gasteiger partial charge < -0.3 is 0 Å². The first-order valence-electron chi connectivity index (χ1n) is 6.55. The summed E-state index contributed by atoms with van der Waals surface area (Å²) in [5, 5.41) is 9.00. The predicted molar refractivity (Wildman–Crippen MR) is 71.8 cm³/mol. The smallest absolute Gasteiger partial charge is 0.0638 e. The van der Waals surface area contributed by atoms with Gasteiger partial charge in [-0.3, -0.25) is 9.80 Å². The first kappa shape index (κ1) is 14.5. The van der Waals surface area contributed by atoms with Crippen LogP contribution in [0.5, 0.6) is 0 Å². The van der Waals surface area contributed by atoms with Gasteiger partial charge in [-0.1, -0.05) is 0 Å². The molecule has 0 bridgehead atoms. The van der Waals surface area contributed by atoms with Gasteiger partial charge in [0, 0.05) is 36.8 Å². The van der Waals surface area contributed by atoms with E-state index in [0.29, 0.717) is 12.5 Å². The fourth-order valence-corrected chi connectivity index (χ4v) is 2.63. The van der Waals surface area contributed by atoms with Gasteiger partial charge in [0.25, 0.3) is 0 Å². The van der Waals surface area contributed by atoms with Gasteiger partial charge in [-0.2, -0.15) is 5.26 Å². The summed E-state index contributed by atoms with van der Waals surface area (Å²) in [6, 6.07) is 2.71. The van der Waals surface area contributed by atoms with Crippen molar-refractivity contribution in [3.63, 3.8) is 0 Å². The molecule has 98 valence electrons. The summed E-state index contributed by atoms with van der Waals surface area (Å²) >= 11 is 0. The summed E-state index contributed by atoms with van der Waals surface area (Å²) < 4.78 is 0. The molecule has 1 heterocycles. The van der Waals surface area contributed by atoms with E-state index >= 15 is 0 Å². The van der Waals surface area contributed by atoms with Crippen LogP contribution in [0.25, 0.3) is 0 Å². The molecule has 3 heteroatoms. The lowest BCUT2D eigenvalue weighted by Crippen LogP contribution is -2.62. The van der Waals surface area contributed by atoms with Gasteiger partial charge in [-0.25, -0.2) is 0 Å². The first-order chi connectivity index (χ1) is 7.66. The van der Waals surface area contributed by atoms with Crippen molar-refractivity contribution in [2.45, 2.75) is 65.1 Å². The van der Waals surface area contributed by atoms with Crippen LogP contribution < -0.4 is 0 Å². The van der Waals surface area contributed by atoms with Crippen molar-refractivity contribution in [2.75, 3.05) is 19.6 Å². The maximum atomic E-state index is 9.00. The number of hydrogen-bond acceptors (Lipinski definition) is 3. The second kappa shape index (κ2) is 4.96. The number of nitrogens with zero attached hydrogens (tertiary/aromatic N) is 3. The maximum absolute atomic E-state index is 9.00. The molecule has 0 aromatic carbocycles. The van der Waals surface area contributed by atoms with Crippen LogP contribution >= 0.6 is 0 Å². The molecular weight excluding hydrogens is 210 g/mol. The Morgan fingerprint density at radius 2 is 1.65 bits per heavy atom. The summed E-state index contributed by atoms with van der Waals surface area (Å²) in [7, 11) is 0. The molecule has 1 atom stereocenters. The van der Waals surface area contributed by atoms with Crippen molar-refractivity contribution in [1.29, 1.82) is 5.26 Å². The molecular formula is C14H27N3. The second-order valence-corrected chi connectivity index (χ2v) is 7.00. The third kappa shape index (κ3) is 3.69. The lowest BCUT2D eigenvalue weighted by Gasteiger charge is -2.50. The average Bonchev–Trinajstić information content (AvgIpc) is 2.15. The van der Waals surface area contributed by atoms with Crippen LogP contribution in [0.1, 0.15) is 48.0 Å². The topological polar surface area (TPSA) is 30.3 Å². The van der Waals surface area contributed by atoms with Gasteiger partial charge in [-0.05, 0) is 41.5 Å². The number of piperazine rings is 1.